The van der Waals surface area contributed by atoms with Crippen LogP contribution in [0.3, 0.4) is 0 Å². The zero-order valence-electron chi connectivity index (χ0n) is 19.0. The predicted octanol–water partition coefficient (Wildman–Crippen LogP) is 3.94. The van der Waals surface area contributed by atoms with Crippen molar-refractivity contribution in [2.75, 3.05) is 39.4 Å². The van der Waals surface area contributed by atoms with E-state index in [2.05, 4.69) is 6.92 Å². The number of nitrogens with zero attached hydrogens (tertiary/aromatic N) is 2. The molecule has 0 spiro atoms. The van der Waals surface area contributed by atoms with Crippen molar-refractivity contribution in [3.63, 3.8) is 0 Å². The summed E-state index contributed by atoms with van der Waals surface area (Å²) in [6, 6.07) is 17.6. The molecular formula is C26H34N2O4. The maximum atomic E-state index is 12.6. The zero-order chi connectivity index (χ0) is 22.6. The Morgan fingerprint density at radius 2 is 1.47 bits per heavy atom. The van der Waals surface area contributed by atoms with E-state index in [0.717, 1.165) is 25.0 Å². The molecule has 1 heterocycles. The molecule has 2 aromatic carbocycles. The van der Waals surface area contributed by atoms with Gasteiger partial charge in [-0.15, -0.1) is 0 Å². The van der Waals surface area contributed by atoms with Crippen LogP contribution in [-0.2, 0) is 16.0 Å². The first-order valence-corrected chi connectivity index (χ1v) is 11.6. The van der Waals surface area contributed by atoms with Crippen molar-refractivity contribution < 1.29 is 19.1 Å². The largest absolute Gasteiger partial charge is 0.494 e. The Hall–Kier alpha value is -3.02. The highest BCUT2D eigenvalue weighted by Crippen LogP contribution is 2.14. The van der Waals surface area contributed by atoms with E-state index in [0.29, 0.717) is 51.4 Å². The second-order valence-corrected chi connectivity index (χ2v) is 8.06. The van der Waals surface area contributed by atoms with Gasteiger partial charge in [-0.2, -0.15) is 0 Å². The van der Waals surface area contributed by atoms with Gasteiger partial charge in [0.1, 0.15) is 11.5 Å². The number of carbonyl (C=O) groups is 2. The number of ether oxygens (including phenoxy) is 2. The average Bonchev–Trinajstić information content (AvgIpc) is 3.08. The van der Waals surface area contributed by atoms with E-state index in [4.69, 9.17) is 9.47 Å². The molecule has 1 saturated heterocycles. The highest BCUT2D eigenvalue weighted by atomic mass is 16.5. The van der Waals surface area contributed by atoms with Crippen molar-refractivity contribution in [3.8, 4) is 11.5 Å². The maximum absolute atomic E-state index is 12.6. The Labute approximate surface area is 191 Å². The summed E-state index contributed by atoms with van der Waals surface area (Å²) in [5.41, 5.74) is 1.27. The molecule has 0 saturated carbocycles. The first-order chi connectivity index (χ1) is 15.7. The third kappa shape index (κ3) is 7.59. The zero-order valence-corrected chi connectivity index (χ0v) is 19.0. The second-order valence-electron chi connectivity index (χ2n) is 8.06. The minimum atomic E-state index is -0.0341. The van der Waals surface area contributed by atoms with E-state index in [1.165, 1.54) is 5.56 Å². The summed E-state index contributed by atoms with van der Waals surface area (Å²) in [6.45, 7) is 5.14. The van der Waals surface area contributed by atoms with Crippen LogP contribution in [0, 0.1) is 0 Å². The van der Waals surface area contributed by atoms with Crippen LogP contribution < -0.4 is 9.47 Å². The van der Waals surface area contributed by atoms with Crippen LogP contribution in [-0.4, -0.2) is 61.0 Å². The van der Waals surface area contributed by atoms with Gasteiger partial charge < -0.3 is 19.3 Å². The third-order valence-corrected chi connectivity index (χ3v) is 5.57. The van der Waals surface area contributed by atoms with Gasteiger partial charge in [0.2, 0.25) is 5.91 Å². The van der Waals surface area contributed by atoms with Gasteiger partial charge in [-0.3, -0.25) is 9.59 Å². The molecular weight excluding hydrogens is 404 g/mol. The lowest BCUT2D eigenvalue weighted by molar-refractivity contribution is -0.134. The van der Waals surface area contributed by atoms with Crippen LogP contribution in [0.5, 0.6) is 11.5 Å². The topological polar surface area (TPSA) is 59.1 Å². The van der Waals surface area contributed by atoms with E-state index in [-0.39, 0.29) is 18.4 Å². The van der Waals surface area contributed by atoms with Crippen LogP contribution in [0.1, 0.15) is 38.2 Å². The first-order valence-electron chi connectivity index (χ1n) is 11.6. The molecule has 6 nitrogen and oxygen atoms in total. The minimum absolute atomic E-state index is 0.0257. The van der Waals surface area contributed by atoms with Gasteiger partial charge in [0.15, 0.2) is 6.61 Å². The second kappa shape index (κ2) is 12.7. The van der Waals surface area contributed by atoms with Crippen molar-refractivity contribution in [2.24, 2.45) is 0 Å². The minimum Gasteiger partial charge on any atom is -0.494 e. The number of hydrogen-bond donors (Lipinski definition) is 0. The van der Waals surface area contributed by atoms with Crippen LogP contribution in [0.4, 0.5) is 0 Å². The first kappa shape index (κ1) is 23.6. The number of carbonyl (C=O) groups excluding carboxylic acids is 2. The summed E-state index contributed by atoms with van der Waals surface area (Å²) in [7, 11) is 0. The van der Waals surface area contributed by atoms with E-state index in [1.807, 2.05) is 59.5 Å². The van der Waals surface area contributed by atoms with Gasteiger partial charge >= 0.3 is 0 Å². The molecule has 1 aliphatic rings. The van der Waals surface area contributed by atoms with E-state index in [9.17, 15) is 9.59 Å². The average molecular weight is 439 g/mol. The molecule has 6 heteroatoms. The van der Waals surface area contributed by atoms with Crippen molar-refractivity contribution in [3.05, 3.63) is 60.2 Å². The maximum Gasteiger partial charge on any atom is 0.260 e. The molecule has 172 valence electrons. The molecule has 2 amide bonds. The SMILES string of the molecule is CCCc1ccc(OCC(=O)N2CCCN(C(=O)CCCOc3ccccc3)CC2)cc1. The van der Waals surface area contributed by atoms with Crippen molar-refractivity contribution in [1.82, 2.24) is 9.80 Å². The lowest BCUT2D eigenvalue weighted by Crippen LogP contribution is -2.39. The summed E-state index contributed by atoms with van der Waals surface area (Å²) in [4.78, 5) is 28.8. The number of aryl methyl sites for hydroxylation is 1. The fourth-order valence-corrected chi connectivity index (χ4v) is 3.78. The highest BCUT2D eigenvalue weighted by Gasteiger charge is 2.22. The predicted molar refractivity (Wildman–Crippen MR) is 125 cm³/mol. The highest BCUT2D eigenvalue weighted by molar-refractivity contribution is 5.78. The molecule has 1 fully saturated rings. The van der Waals surface area contributed by atoms with Gasteiger partial charge in [-0.1, -0.05) is 43.7 Å². The Morgan fingerprint density at radius 3 is 2.16 bits per heavy atom. The van der Waals surface area contributed by atoms with Crippen LogP contribution in [0.15, 0.2) is 54.6 Å². The quantitative estimate of drug-likeness (QED) is 0.527. The summed E-state index contributed by atoms with van der Waals surface area (Å²) in [6.07, 6.45) is 4.07. The molecule has 0 aromatic heterocycles. The van der Waals surface area contributed by atoms with Crippen LogP contribution in [0.2, 0.25) is 0 Å². The Morgan fingerprint density at radius 1 is 0.812 bits per heavy atom. The van der Waals surface area contributed by atoms with E-state index < -0.39 is 0 Å². The molecule has 0 aliphatic carbocycles. The van der Waals surface area contributed by atoms with Crippen molar-refractivity contribution >= 4 is 11.8 Å². The summed E-state index contributed by atoms with van der Waals surface area (Å²) >= 11 is 0. The lowest BCUT2D eigenvalue weighted by atomic mass is 10.1. The van der Waals surface area contributed by atoms with Gasteiger partial charge in [-0.05, 0) is 49.1 Å². The summed E-state index contributed by atoms with van der Waals surface area (Å²) < 4.78 is 11.3. The molecule has 2 aromatic rings. The smallest absolute Gasteiger partial charge is 0.260 e. The van der Waals surface area contributed by atoms with Gasteiger partial charge in [-0.25, -0.2) is 0 Å². The number of benzene rings is 2. The number of rotatable bonds is 10. The van der Waals surface area contributed by atoms with Gasteiger partial charge in [0.25, 0.3) is 5.91 Å². The Bertz CT molecular complexity index is 839. The van der Waals surface area contributed by atoms with Crippen LogP contribution >= 0.6 is 0 Å². The number of hydrogen-bond acceptors (Lipinski definition) is 4. The van der Waals surface area contributed by atoms with Gasteiger partial charge in [0.05, 0.1) is 6.61 Å². The summed E-state index contributed by atoms with van der Waals surface area (Å²) in [5, 5.41) is 0. The lowest BCUT2D eigenvalue weighted by Gasteiger charge is -2.22. The van der Waals surface area contributed by atoms with E-state index >= 15 is 0 Å². The Balaban J connectivity index is 1.36. The van der Waals surface area contributed by atoms with Crippen molar-refractivity contribution in [2.45, 2.75) is 39.0 Å². The Kier molecular flexibility index (Phi) is 9.41. The van der Waals surface area contributed by atoms with Crippen molar-refractivity contribution in [1.29, 1.82) is 0 Å². The molecule has 3 rings (SSSR count). The molecule has 0 unspecified atom stereocenters. The molecule has 0 radical (unpaired) electrons. The summed E-state index contributed by atoms with van der Waals surface area (Å²) in [5.74, 6) is 1.62. The molecule has 32 heavy (non-hydrogen) atoms. The molecule has 1 aliphatic heterocycles. The monoisotopic (exact) mass is 438 g/mol. The number of para-hydroxylation sites is 1. The molecule has 0 bridgehead atoms. The normalized spacial score (nSPS) is 14.0. The third-order valence-electron chi connectivity index (χ3n) is 5.57. The number of amides is 2. The fraction of sp³-hybridized carbons (Fsp3) is 0.462. The van der Waals surface area contributed by atoms with E-state index in [1.54, 1.807) is 4.90 Å². The van der Waals surface area contributed by atoms with Crippen LogP contribution in [0.25, 0.3) is 0 Å². The van der Waals surface area contributed by atoms with Gasteiger partial charge in [0, 0.05) is 32.6 Å². The molecule has 0 N–H and O–H groups in total. The fourth-order valence-electron chi connectivity index (χ4n) is 3.78. The molecule has 0 atom stereocenters. The standard InChI is InChI=1S/C26H34N2O4/c1-2-8-22-12-14-24(15-13-22)32-21-26(30)28-17-7-16-27(18-19-28)25(29)11-6-20-31-23-9-4-3-5-10-23/h3-5,9-10,12-15H,2,6-8,11,16-21H2,1H3.